The standard InChI is InChI=1S/C15H18N2O2S/c1-10-5-4-6-15(12(10)3)17-20(18,19)13-7-8-14(16)11(2)9-13/h4-9,17H,16H2,1-3H3. The number of anilines is 2. The molecule has 2 rings (SSSR count). The highest BCUT2D eigenvalue weighted by atomic mass is 32.2. The van der Waals surface area contributed by atoms with Crippen LogP contribution < -0.4 is 10.5 Å². The average Bonchev–Trinajstić information content (AvgIpc) is 2.38. The first kappa shape index (κ1) is 14.4. The smallest absolute Gasteiger partial charge is 0.261 e. The topological polar surface area (TPSA) is 72.2 Å². The molecule has 2 aromatic carbocycles. The number of aryl methyl sites for hydroxylation is 2. The van der Waals surface area contributed by atoms with Gasteiger partial charge in [-0.15, -0.1) is 0 Å². The number of nitrogen functional groups attached to an aromatic ring is 1. The highest BCUT2D eigenvalue weighted by Crippen LogP contribution is 2.23. The summed E-state index contributed by atoms with van der Waals surface area (Å²) in [7, 11) is -3.60. The predicted molar refractivity (Wildman–Crippen MR) is 82.3 cm³/mol. The van der Waals surface area contributed by atoms with Crippen LogP contribution in [0.25, 0.3) is 0 Å². The van der Waals surface area contributed by atoms with E-state index < -0.39 is 10.0 Å². The van der Waals surface area contributed by atoms with Crippen molar-refractivity contribution in [2.24, 2.45) is 0 Å². The van der Waals surface area contributed by atoms with Crippen molar-refractivity contribution in [3.8, 4) is 0 Å². The number of rotatable bonds is 3. The monoisotopic (exact) mass is 290 g/mol. The summed E-state index contributed by atoms with van der Waals surface area (Å²) in [6, 6.07) is 10.2. The number of benzene rings is 2. The highest BCUT2D eigenvalue weighted by molar-refractivity contribution is 7.92. The number of nitrogens with one attached hydrogen (secondary N) is 1. The lowest BCUT2D eigenvalue weighted by Crippen LogP contribution is -2.14. The molecule has 0 unspecified atom stereocenters. The summed E-state index contributed by atoms with van der Waals surface area (Å²) in [5, 5.41) is 0. The Balaban J connectivity index is 2.41. The van der Waals surface area contributed by atoms with E-state index in [0.29, 0.717) is 11.4 Å². The molecule has 0 amide bonds. The third-order valence-corrected chi connectivity index (χ3v) is 4.76. The molecule has 0 saturated heterocycles. The normalized spacial score (nSPS) is 11.3. The molecule has 0 fully saturated rings. The molecule has 4 nitrogen and oxygen atoms in total. The van der Waals surface area contributed by atoms with Crippen LogP contribution in [0.5, 0.6) is 0 Å². The second-order valence-corrected chi connectivity index (χ2v) is 6.55. The van der Waals surface area contributed by atoms with Crippen molar-refractivity contribution >= 4 is 21.4 Å². The van der Waals surface area contributed by atoms with Gasteiger partial charge in [-0.1, -0.05) is 12.1 Å². The Kier molecular flexibility index (Phi) is 3.72. The Bertz CT molecular complexity index is 752. The average molecular weight is 290 g/mol. The van der Waals surface area contributed by atoms with E-state index in [4.69, 9.17) is 5.73 Å². The van der Waals surface area contributed by atoms with Gasteiger partial charge in [-0.25, -0.2) is 8.42 Å². The largest absolute Gasteiger partial charge is 0.399 e. The van der Waals surface area contributed by atoms with E-state index in [2.05, 4.69) is 4.72 Å². The summed E-state index contributed by atoms with van der Waals surface area (Å²) in [5.41, 5.74) is 9.59. The van der Waals surface area contributed by atoms with E-state index in [1.54, 1.807) is 25.1 Å². The van der Waals surface area contributed by atoms with Crippen LogP contribution in [0.15, 0.2) is 41.3 Å². The Morgan fingerprint density at radius 3 is 2.35 bits per heavy atom. The molecule has 0 radical (unpaired) electrons. The molecular weight excluding hydrogens is 272 g/mol. The van der Waals surface area contributed by atoms with E-state index in [-0.39, 0.29) is 4.90 Å². The highest BCUT2D eigenvalue weighted by Gasteiger charge is 2.16. The van der Waals surface area contributed by atoms with Gasteiger partial charge in [0.05, 0.1) is 10.6 Å². The predicted octanol–water partition coefficient (Wildman–Crippen LogP) is 2.99. The van der Waals surface area contributed by atoms with Crippen molar-refractivity contribution in [1.29, 1.82) is 0 Å². The molecule has 0 heterocycles. The molecule has 0 spiro atoms. The molecule has 0 aromatic heterocycles. The van der Waals surface area contributed by atoms with Gasteiger partial charge in [0.25, 0.3) is 10.0 Å². The molecule has 5 heteroatoms. The lowest BCUT2D eigenvalue weighted by molar-refractivity contribution is 0.601. The van der Waals surface area contributed by atoms with E-state index in [1.165, 1.54) is 6.07 Å². The van der Waals surface area contributed by atoms with E-state index in [0.717, 1.165) is 16.7 Å². The van der Waals surface area contributed by atoms with Gasteiger partial charge >= 0.3 is 0 Å². The molecule has 106 valence electrons. The lowest BCUT2D eigenvalue weighted by atomic mass is 10.1. The van der Waals surface area contributed by atoms with Gasteiger partial charge < -0.3 is 5.73 Å². The molecule has 0 aliphatic heterocycles. The van der Waals surface area contributed by atoms with E-state index in [9.17, 15) is 8.42 Å². The SMILES string of the molecule is Cc1cc(S(=O)(=O)Nc2cccc(C)c2C)ccc1N. The van der Waals surface area contributed by atoms with Gasteiger partial charge in [-0.3, -0.25) is 4.72 Å². The van der Waals surface area contributed by atoms with Crippen LogP contribution in [0.3, 0.4) is 0 Å². The maximum absolute atomic E-state index is 12.4. The fourth-order valence-electron chi connectivity index (χ4n) is 1.88. The molecule has 0 aliphatic carbocycles. The first-order valence-corrected chi connectivity index (χ1v) is 7.75. The molecule has 0 bridgehead atoms. The van der Waals surface area contributed by atoms with Crippen LogP contribution in [0, 0.1) is 20.8 Å². The summed E-state index contributed by atoms with van der Waals surface area (Å²) in [6.07, 6.45) is 0. The van der Waals surface area contributed by atoms with Crippen LogP contribution in [0.4, 0.5) is 11.4 Å². The zero-order chi connectivity index (χ0) is 14.9. The zero-order valence-corrected chi connectivity index (χ0v) is 12.6. The van der Waals surface area contributed by atoms with Gasteiger partial charge in [0.1, 0.15) is 0 Å². The summed E-state index contributed by atoms with van der Waals surface area (Å²) >= 11 is 0. The quantitative estimate of drug-likeness (QED) is 0.854. The van der Waals surface area contributed by atoms with Crippen LogP contribution in [-0.2, 0) is 10.0 Å². The van der Waals surface area contributed by atoms with Crippen molar-refractivity contribution in [2.75, 3.05) is 10.5 Å². The number of hydrogen-bond donors (Lipinski definition) is 2. The van der Waals surface area contributed by atoms with Crippen molar-refractivity contribution in [3.05, 3.63) is 53.1 Å². The maximum atomic E-state index is 12.4. The van der Waals surface area contributed by atoms with E-state index >= 15 is 0 Å². The van der Waals surface area contributed by atoms with Crippen LogP contribution >= 0.6 is 0 Å². The Labute approximate surface area is 119 Å². The summed E-state index contributed by atoms with van der Waals surface area (Å²) in [5.74, 6) is 0. The summed E-state index contributed by atoms with van der Waals surface area (Å²) in [4.78, 5) is 0.213. The van der Waals surface area contributed by atoms with Crippen LogP contribution in [-0.4, -0.2) is 8.42 Å². The second-order valence-electron chi connectivity index (χ2n) is 4.87. The van der Waals surface area contributed by atoms with E-state index in [1.807, 2.05) is 26.0 Å². The molecule has 3 N–H and O–H groups in total. The fraction of sp³-hybridized carbons (Fsp3) is 0.200. The summed E-state index contributed by atoms with van der Waals surface area (Å²) in [6.45, 7) is 5.62. The van der Waals surface area contributed by atoms with Crippen molar-refractivity contribution < 1.29 is 8.42 Å². The number of sulfonamides is 1. The molecule has 0 atom stereocenters. The van der Waals surface area contributed by atoms with Gasteiger partial charge in [0.2, 0.25) is 0 Å². The minimum absolute atomic E-state index is 0.213. The molecule has 0 aliphatic rings. The number of hydrogen-bond acceptors (Lipinski definition) is 3. The maximum Gasteiger partial charge on any atom is 0.261 e. The minimum atomic E-state index is -3.60. The molecule has 0 saturated carbocycles. The second kappa shape index (κ2) is 5.17. The summed E-state index contributed by atoms with van der Waals surface area (Å²) < 4.78 is 27.4. The Morgan fingerprint density at radius 1 is 1.00 bits per heavy atom. The van der Waals surface area contributed by atoms with Crippen molar-refractivity contribution in [2.45, 2.75) is 25.7 Å². The third kappa shape index (κ3) is 2.77. The fourth-order valence-corrected chi connectivity index (χ4v) is 3.09. The Morgan fingerprint density at radius 2 is 1.70 bits per heavy atom. The van der Waals surface area contributed by atoms with Crippen molar-refractivity contribution in [1.82, 2.24) is 0 Å². The van der Waals surface area contributed by atoms with Crippen LogP contribution in [0.1, 0.15) is 16.7 Å². The van der Waals surface area contributed by atoms with Crippen LogP contribution in [0.2, 0.25) is 0 Å². The minimum Gasteiger partial charge on any atom is -0.399 e. The van der Waals surface area contributed by atoms with Gasteiger partial charge in [-0.05, 0) is 61.7 Å². The molecular formula is C15H18N2O2S. The van der Waals surface area contributed by atoms with Gasteiger partial charge in [0.15, 0.2) is 0 Å². The third-order valence-electron chi connectivity index (χ3n) is 3.40. The first-order chi connectivity index (χ1) is 9.31. The Hall–Kier alpha value is -2.01. The first-order valence-electron chi connectivity index (χ1n) is 6.26. The zero-order valence-electron chi connectivity index (χ0n) is 11.8. The van der Waals surface area contributed by atoms with Gasteiger partial charge in [0, 0.05) is 5.69 Å². The lowest BCUT2D eigenvalue weighted by Gasteiger charge is -2.13. The molecule has 20 heavy (non-hydrogen) atoms. The molecule has 2 aromatic rings. The van der Waals surface area contributed by atoms with Gasteiger partial charge in [-0.2, -0.15) is 0 Å². The number of nitrogens with two attached hydrogens (primary N) is 1. The van der Waals surface area contributed by atoms with Crippen molar-refractivity contribution in [3.63, 3.8) is 0 Å².